The minimum atomic E-state index is 0.623. The van der Waals surface area contributed by atoms with Crippen LogP contribution >= 0.6 is 0 Å². The molecule has 0 radical (unpaired) electrons. The van der Waals surface area contributed by atoms with Gasteiger partial charge in [-0.05, 0) is 19.3 Å². The van der Waals surface area contributed by atoms with Crippen LogP contribution in [0, 0.1) is 0 Å². The van der Waals surface area contributed by atoms with Crippen LogP contribution in [0.4, 0.5) is 0 Å². The molecule has 1 atom stereocenters. The van der Waals surface area contributed by atoms with Crippen LogP contribution in [0.5, 0.6) is 0 Å². The summed E-state index contributed by atoms with van der Waals surface area (Å²) in [5.74, 6) is 0. The lowest BCUT2D eigenvalue weighted by Crippen LogP contribution is -2.38. The van der Waals surface area contributed by atoms with E-state index < -0.39 is 0 Å². The highest BCUT2D eigenvalue weighted by molar-refractivity contribution is 4.96. The minimum absolute atomic E-state index is 0.623. The van der Waals surface area contributed by atoms with Crippen molar-refractivity contribution in [1.82, 2.24) is 9.80 Å². The molecule has 0 fully saturated rings. The molecule has 0 aromatic rings. The number of nitrogens with zero attached hydrogens (tertiary/aromatic N) is 2. The first kappa shape index (κ1) is 26.4. The molecule has 2 nitrogen and oxygen atoms in total. The smallest absolute Gasteiger partial charge is 0.100 e. The van der Waals surface area contributed by atoms with E-state index in [0.29, 0.717) is 6.17 Å². The lowest BCUT2D eigenvalue weighted by Gasteiger charge is -2.32. The Labute approximate surface area is 184 Å². The van der Waals surface area contributed by atoms with E-state index in [4.69, 9.17) is 0 Å². The third kappa shape index (κ3) is 13.3. The van der Waals surface area contributed by atoms with Crippen molar-refractivity contribution < 1.29 is 0 Å². The molecule has 0 aromatic heterocycles. The molecule has 172 valence electrons. The molecule has 0 amide bonds. The summed E-state index contributed by atoms with van der Waals surface area (Å²) in [7, 11) is 0. The van der Waals surface area contributed by atoms with Crippen molar-refractivity contribution in [2.75, 3.05) is 13.1 Å². The Bertz CT molecular complexity index is 366. The molecule has 1 heterocycles. The van der Waals surface area contributed by atoms with E-state index in [1.807, 2.05) is 0 Å². The van der Waals surface area contributed by atoms with Gasteiger partial charge < -0.3 is 9.80 Å². The SMILES string of the molecule is CCCCCCCCCCCCCCCCCCN1C=CN(CCCC)C1CC. The van der Waals surface area contributed by atoms with E-state index in [2.05, 4.69) is 43.0 Å². The third-order valence-electron chi connectivity index (χ3n) is 6.62. The van der Waals surface area contributed by atoms with Crippen molar-refractivity contribution in [3.05, 3.63) is 12.4 Å². The zero-order valence-corrected chi connectivity index (χ0v) is 20.5. The Kier molecular flexibility index (Phi) is 17.6. The van der Waals surface area contributed by atoms with Gasteiger partial charge in [-0.25, -0.2) is 0 Å². The van der Waals surface area contributed by atoms with Gasteiger partial charge in [0.25, 0.3) is 0 Å². The van der Waals surface area contributed by atoms with Crippen molar-refractivity contribution in [2.24, 2.45) is 0 Å². The van der Waals surface area contributed by atoms with Crippen molar-refractivity contribution in [2.45, 2.75) is 149 Å². The first-order valence-electron chi connectivity index (χ1n) is 13.5. The molecule has 0 aliphatic carbocycles. The Morgan fingerprint density at radius 2 is 0.793 bits per heavy atom. The molecule has 1 rings (SSSR count). The second-order valence-electron chi connectivity index (χ2n) is 9.32. The molecule has 0 bridgehead atoms. The fraction of sp³-hybridized carbons (Fsp3) is 0.926. The Balaban J connectivity index is 1.84. The summed E-state index contributed by atoms with van der Waals surface area (Å²) in [6.07, 6.45) is 32.3. The van der Waals surface area contributed by atoms with E-state index in [9.17, 15) is 0 Å². The van der Waals surface area contributed by atoms with Crippen LogP contribution < -0.4 is 0 Å². The fourth-order valence-corrected chi connectivity index (χ4v) is 4.66. The van der Waals surface area contributed by atoms with Gasteiger partial charge in [0.2, 0.25) is 0 Å². The number of hydrogen-bond acceptors (Lipinski definition) is 2. The van der Waals surface area contributed by atoms with Gasteiger partial charge in [-0.3, -0.25) is 0 Å². The molecule has 0 saturated carbocycles. The van der Waals surface area contributed by atoms with Crippen molar-refractivity contribution in [1.29, 1.82) is 0 Å². The van der Waals surface area contributed by atoms with Gasteiger partial charge in [0.15, 0.2) is 0 Å². The molecule has 1 unspecified atom stereocenters. The molecule has 29 heavy (non-hydrogen) atoms. The fourth-order valence-electron chi connectivity index (χ4n) is 4.66. The van der Waals surface area contributed by atoms with Gasteiger partial charge in [-0.15, -0.1) is 0 Å². The van der Waals surface area contributed by atoms with E-state index >= 15 is 0 Å². The van der Waals surface area contributed by atoms with Gasteiger partial charge in [0.1, 0.15) is 6.17 Å². The summed E-state index contributed by atoms with van der Waals surface area (Å²) >= 11 is 0. The molecular formula is C27H54N2. The Morgan fingerprint density at radius 1 is 0.448 bits per heavy atom. The molecule has 1 aliphatic heterocycles. The quantitative estimate of drug-likeness (QED) is 0.176. The van der Waals surface area contributed by atoms with Gasteiger partial charge >= 0.3 is 0 Å². The summed E-state index contributed by atoms with van der Waals surface area (Å²) in [5, 5.41) is 0. The largest absolute Gasteiger partial charge is 0.356 e. The standard InChI is InChI=1S/C27H54N2/c1-4-7-9-10-11-12-13-14-15-16-17-18-19-20-21-22-24-29-26-25-28(23-8-5-2)27(29)6-3/h25-27H,4-24H2,1-3H3. The molecule has 1 aliphatic rings. The molecular weight excluding hydrogens is 352 g/mol. The summed E-state index contributed by atoms with van der Waals surface area (Å²) in [6.45, 7) is 9.39. The maximum atomic E-state index is 2.58. The van der Waals surface area contributed by atoms with Crippen LogP contribution in [0.1, 0.15) is 143 Å². The predicted molar refractivity (Wildman–Crippen MR) is 131 cm³/mol. The molecule has 0 N–H and O–H groups in total. The highest BCUT2D eigenvalue weighted by Gasteiger charge is 2.23. The number of hydrogen-bond donors (Lipinski definition) is 0. The van der Waals surface area contributed by atoms with Crippen molar-refractivity contribution >= 4 is 0 Å². The maximum absolute atomic E-state index is 2.58. The monoisotopic (exact) mass is 406 g/mol. The zero-order chi connectivity index (χ0) is 21.0. The van der Waals surface area contributed by atoms with Crippen LogP contribution in [0.2, 0.25) is 0 Å². The van der Waals surface area contributed by atoms with Crippen molar-refractivity contribution in [3.63, 3.8) is 0 Å². The van der Waals surface area contributed by atoms with E-state index in [1.165, 1.54) is 135 Å². The maximum Gasteiger partial charge on any atom is 0.100 e. The second-order valence-corrected chi connectivity index (χ2v) is 9.32. The Hall–Kier alpha value is -0.660. The first-order valence-corrected chi connectivity index (χ1v) is 13.5. The molecule has 2 heteroatoms. The Morgan fingerprint density at radius 3 is 1.17 bits per heavy atom. The van der Waals surface area contributed by atoms with E-state index in [-0.39, 0.29) is 0 Å². The highest BCUT2D eigenvalue weighted by Crippen LogP contribution is 2.20. The third-order valence-corrected chi connectivity index (χ3v) is 6.62. The van der Waals surface area contributed by atoms with Gasteiger partial charge in [0, 0.05) is 25.5 Å². The summed E-state index contributed by atoms with van der Waals surface area (Å²) < 4.78 is 0. The average molecular weight is 407 g/mol. The van der Waals surface area contributed by atoms with Gasteiger partial charge in [-0.1, -0.05) is 124 Å². The molecule has 0 saturated heterocycles. The topological polar surface area (TPSA) is 6.48 Å². The van der Waals surface area contributed by atoms with Crippen LogP contribution in [-0.4, -0.2) is 29.1 Å². The first-order chi connectivity index (χ1) is 14.3. The van der Waals surface area contributed by atoms with Crippen molar-refractivity contribution in [3.8, 4) is 0 Å². The minimum Gasteiger partial charge on any atom is -0.356 e. The van der Waals surface area contributed by atoms with Crippen LogP contribution in [0.25, 0.3) is 0 Å². The van der Waals surface area contributed by atoms with Crippen LogP contribution in [0.15, 0.2) is 12.4 Å². The van der Waals surface area contributed by atoms with Gasteiger partial charge in [0.05, 0.1) is 0 Å². The average Bonchev–Trinajstić information content (AvgIpc) is 3.13. The van der Waals surface area contributed by atoms with E-state index in [0.717, 1.165) is 0 Å². The lowest BCUT2D eigenvalue weighted by molar-refractivity contribution is 0.144. The number of unbranched alkanes of at least 4 members (excludes halogenated alkanes) is 16. The van der Waals surface area contributed by atoms with E-state index in [1.54, 1.807) is 0 Å². The van der Waals surface area contributed by atoms with Gasteiger partial charge in [-0.2, -0.15) is 0 Å². The lowest BCUT2D eigenvalue weighted by atomic mass is 10.0. The molecule has 0 aromatic carbocycles. The summed E-state index contributed by atoms with van der Waals surface area (Å²) in [5.41, 5.74) is 0. The van der Waals surface area contributed by atoms with Crippen LogP contribution in [-0.2, 0) is 0 Å². The summed E-state index contributed by atoms with van der Waals surface area (Å²) in [4.78, 5) is 5.13. The molecule has 0 spiro atoms. The van der Waals surface area contributed by atoms with Crippen LogP contribution in [0.3, 0.4) is 0 Å². The number of rotatable bonds is 21. The normalized spacial score (nSPS) is 16.3. The second kappa shape index (κ2) is 19.3. The highest BCUT2D eigenvalue weighted by atomic mass is 15.4. The summed E-state index contributed by atoms with van der Waals surface area (Å²) in [6, 6.07) is 0. The predicted octanol–water partition coefficient (Wildman–Crippen LogP) is 8.87. The zero-order valence-electron chi connectivity index (χ0n) is 20.5.